The van der Waals surface area contributed by atoms with Crippen LogP contribution in [-0.4, -0.2) is 33.4 Å². The number of ether oxygens (including phenoxy) is 1. The van der Waals surface area contributed by atoms with Crippen molar-refractivity contribution in [2.75, 3.05) is 12.9 Å². The highest BCUT2D eigenvalue weighted by Crippen LogP contribution is 2.29. The average Bonchev–Trinajstić information content (AvgIpc) is 3.05. The third-order valence-corrected chi connectivity index (χ3v) is 5.16. The Labute approximate surface area is 151 Å². The minimum atomic E-state index is 0.731. The second-order valence-electron chi connectivity index (χ2n) is 5.19. The number of fused-ring (bicyclic) bond motifs is 1. The maximum absolute atomic E-state index is 5.21. The molecule has 0 amide bonds. The number of methoxy groups -OCH3 is 1. The summed E-state index contributed by atoms with van der Waals surface area (Å²) in [6.45, 7) is 0. The van der Waals surface area contributed by atoms with Gasteiger partial charge in [-0.15, -0.1) is 10.2 Å². The number of benzene rings is 2. The molecule has 0 radical (unpaired) electrons. The Kier molecular flexibility index (Phi) is 4.12. The Hall–Kier alpha value is -2.12. The molecule has 1 aromatic heterocycles. The lowest BCUT2D eigenvalue weighted by Gasteiger charge is -2.14. The minimum Gasteiger partial charge on any atom is -0.497 e. The summed E-state index contributed by atoms with van der Waals surface area (Å²) in [4.78, 5) is 0. The molecule has 0 aliphatic carbocycles. The zero-order valence-electron chi connectivity index (χ0n) is 12.8. The van der Waals surface area contributed by atoms with Crippen molar-refractivity contribution >= 4 is 33.4 Å². The summed E-state index contributed by atoms with van der Waals surface area (Å²) >= 11 is 5.10. The molecule has 0 fully saturated rings. The molecule has 120 valence electrons. The quantitative estimate of drug-likeness (QED) is 0.664. The van der Waals surface area contributed by atoms with Crippen LogP contribution in [0.4, 0.5) is 0 Å². The van der Waals surface area contributed by atoms with Crippen LogP contribution in [0, 0.1) is 0 Å². The van der Waals surface area contributed by atoms with Gasteiger partial charge in [0.1, 0.15) is 5.75 Å². The molecule has 2 aromatic carbocycles. The van der Waals surface area contributed by atoms with E-state index in [9.17, 15) is 0 Å². The van der Waals surface area contributed by atoms with Crippen molar-refractivity contribution in [2.45, 2.75) is 5.16 Å². The highest BCUT2D eigenvalue weighted by Gasteiger charge is 2.20. The van der Waals surface area contributed by atoms with Crippen LogP contribution in [0.2, 0.25) is 0 Å². The monoisotopic (exact) mass is 400 g/mol. The van der Waals surface area contributed by atoms with Gasteiger partial charge in [0.05, 0.1) is 12.8 Å². The van der Waals surface area contributed by atoms with E-state index < -0.39 is 0 Å². The van der Waals surface area contributed by atoms with Gasteiger partial charge in [-0.1, -0.05) is 39.8 Å². The summed E-state index contributed by atoms with van der Waals surface area (Å²) < 4.78 is 8.07. The lowest BCUT2D eigenvalue weighted by Crippen LogP contribution is -2.13. The predicted octanol–water partition coefficient (Wildman–Crippen LogP) is 4.07. The second kappa shape index (κ2) is 6.41. The second-order valence-corrected chi connectivity index (χ2v) is 7.05. The average molecular weight is 401 g/mol. The Morgan fingerprint density at radius 1 is 1.00 bits per heavy atom. The SMILES string of the molecule is COc1ccc(-c2nnc3n2N=C(c2ccc(Br)cc2)CS3)cc1. The van der Waals surface area contributed by atoms with E-state index in [1.54, 1.807) is 18.9 Å². The van der Waals surface area contributed by atoms with Crippen molar-refractivity contribution in [3.63, 3.8) is 0 Å². The van der Waals surface area contributed by atoms with Gasteiger partial charge in [-0.05, 0) is 42.0 Å². The molecule has 0 spiro atoms. The van der Waals surface area contributed by atoms with Crippen LogP contribution >= 0.6 is 27.7 Å². The van der Waals surface area contributed by atoms with Crippen LogP contribution in [0.5, 0.6) is 5.75 Å². The number of thioether (sulfide) groups is 1. The highest BCUT2D eigenvalue weighted by molar-refractivity contribution is 9.10. The molecule has 0 N–H and O–H groups in total. The first-order chi connectivity index (χ1) is 11.7. The Balaban J connectivity index is 1.74. The van der Waals surface area contributed by atoms with Gasteiger partial charge in [0.25, 0.3) is 0 Å². The molecule has 0 atom stereocenters. The van der Waals surface area contributed by atoms with Gasteiger partial charge in [-0.3, -0.25) is 0 Å². The third-order valence-electron chi connectivity index (χ3n) is 3.70. The maximum atomic E-state index is 5.21. The first kappa shape index (κ1) is 15.4. The first-order valence-corrected chi connectivity index (χ1v) is 9.09. The van der Waals surface area contributed by atoms with Gasteiger partial charge in [0.2, 0.25) is 5.16 Å². The molecule has 2 heterocycles. The molecule has 1 aliphatic rings. The molecular formula is C17H13BrN4OS. The van der Waals surface area contributed by atoms with Crippen molar-refractivity contribution < 1.29 is 4.74 Å². The Bertz CT molecular complexity index is 903. The molecule has 0 saturated heterocycles. The standard InChI is InChI=1S/C17H13BrN4OS/c1-23-14-8-4-12(5-9-14)16-19-20-17-22(16)21-15(10-24-17)11-2-6-13(18)7-3-11/h2-9H,10H2,1H3. The van der Waals surface area contributed by atoms with Crippen molar-refractivity contribution in [3.05, 3.63) is 58.6 Å². The van der Waals surface area contributed by atoms with Crippen molar-refractivity contribution in [1.82, 2.24) is 14.9 Å². The molecular weight excluding hydrogens is 388 g/mol. The minimum absolute atomic E-state index is 0.731. The van der Waals surface area contributed by atoms with Crippen molar-refractivity contribution in [2.24, 2.45) is 5.10 Å². The number of halogens is 1. The molecule has 24 heavy (non-hydrogen) atoms. The lowest BCUT2D eigenvalue weighted by atomic mass is 10.1. The molecule has 0 unspecified atom stereocenters. The predicted molar refractivity (Wildman–Crippen MR) is 98.8 cm³/mol. The van der Waals surface area contributed by atoms with E-state index in [0.717, 1.165) is 43.8 Å². The zero-order valence-corrected chi connectivity index (χ0v) is 15.2. The normalized spacial score (nSPS) is 13.3. The van der Waals surface area contributed by atoms with Crippen LogP contribution in [0.3, 0.4) is 0 Å². The zero-order chi connectivity index (χ0) is 16.5. The molecule has 3 aromatic rings. The van der Waals surface area contributed by atoms with E-state index in [-0.39, 0.29) is 0 Å². The fourth-order valence-electron chi connectivity index (χ4n) is 2.43. The van der Waals surface area contributed by atoms with Crippen LogP contribution in [-0.2, 0) is 0 Å². The van der Waals surface area contributed by atoms with Crippen molar-refractivity contribution in [1.29, 1.82) is 0 Å². The largest absolute Gasteiger partial charge is 0.497 e. The first-order valence-electron chi connectivity index (χ1n) is 7.31. The van der Waals surface area contributed by atoms with Gasteiger partial charge in [-0.25, -0.2) is 0 Å². The fourth-order valence-corrected chi connectivity index (χ4v) is 3.53. The fraction of sp³-hybridized carbons (Fsp3) is 0.118. The summed E-state index contributed by atoms with van der Waals surface area (Å²) in [7, 11) is 1.65. The van der Waals surface area contributed by atoms with E-state index in [4.69, 9.17) is 9.84 Å². The highest BCUT2D eigenvalue weighted by atomic mass is 79.9. The summed E-state index contributed by atoms with van der Waals surface area (Å²) in [6.07, 6.45) is 0. The lowest BCUT2D eigenvalue weighted by molar-refractivity contribution is 0.415. The van der Waals surface area contributed by atoms with Gasteiger partial charge in [0, 0.05) is 15.8 Å². The topological polar surface area (TPSA) is 52.3 Å². The van der Waals surface area contributed by atoms with E-state index in [0.29, 0.717) is 0 Å². The molecule has 0 saturated carbocycles. The summed E-state index contributed by atoms with van der Waals surface area (Å²) in [6, 6.07) is 15.9. The van der Waals surface area contributed by atoms with Gasteiger partial charge in [-0.2, -0.15) is 9.78 Å². The number of rotatable bonds is 3. The molecule has 7 heteroatoms. The number of hydrogen-bond donors (Lipinski definition) is 0. The Morgan fingerprint density at radius 2 is 1.71 bits per heavy atom. The number of aromatic nitrogens is 3. The maximum Gasteiger partial charge on any atom is 0.212 e. The summed E-state index contributed by atoms with van der Waals surface area (Å²) in [5, 5.41) is 14.1. The van der Waals surface area contributed by atoms with Gasteiger partial charge in [0.15, 0.2) is 5.82 Å². The van der Waals surface area contributed by atoms with E-state index in [2.05, 4.69) is 38.3 Å². The van der Waals surface area contributed by atoms with Crippen LogP contribution in [0.1, 0.15) is 5.56 Å². The van der Waals surface area contributed by atoms with Crippen LogP contribution < -0.4 is 4.74 Å². The van der Waals surface area contributed by atoms with Crippen LogP contribution in [0.25, 0.3) is 11.4 Å². The summed E-state index contributed by atoms with van der Waals surface area (Å²) in [5.74, 6) is 2.32. The number of hydrogen-bond acceptors (Lipinski definition) is 5. The van der Waals surface area contributed by atoms with E-state index >= 15 is 0 Å². The van der Waals surface area contributed by atoms with Gasteiger partial charge >= 0.3 is 0 Å². The summed E-state index contributed by atoms with van der Waals surface area (Å²) in [5.41, 5.74) is 3.07. The third kappa shape index (κ3) is 2.85. The van der Waals surface area contributed by atoms with E-state index in [1.807, 2.05) is 41.1 Å². The molecule has 0 bridgehead atoms. The van der Waals surface area contributed by atoms with Gasteiger partial charge < -0.3 is 4.74 Å². The molecule has 1 aliphatic heterocycles. The number of nitrogens with zero attached hydrogens (tertiary/aromatic N) is 4. The van der Waals surface area contributed by atoms with E-state index in [1.165, 1.54) is 0 Å². The molecule has 4 rings (SSSR count). The molecule has 5 nitrogen and oxygen atoms in total. The van der Waals surface area contributed by atoms with Crippen molar-refractivity contribution in [3.8, 4) is 17.1 Å². The Morgan fingerprint density at radius 3 is 2.42 bits per heavy atom. The smallest absolute Gasteiger partial charge is 0.212 e. The van der Waals surface area contributed by atoms with Crippen LogP contribution in [0.15, 0.2) is 63.3 Å².